The van der Waals surface area contributed by atoms with Crippen molar-refractivity contribution in [1.29, 1.82) is 0 Å². The maximum absolute atomic E-state index is 12.1. The SMILES string of the molecule is CCOc1ccccc1CCCNC(=O)Cc1ccc(C)cc1C. The van der Waals surface area contributed by atoms with Crippen LogP contribution in [0.25, 0.3) is 0 Å². The minimum Gasteiger partial charge on any atom is -0.494 e. The van der Waals surface area contributed by atoms with Gasteiger partial charge in [0.2, 0.25) is 5.91 Å². The molecule has 0 aliphatic heterocycles. The number of benzene rings is 2. The molecule has 2 aromatic carbocycles. The Kier molecular flexibility index (Phi) is 6.86. The molecule has 128 valence electrons. The fourth-order valence-corrected chi connectivity index (χ4v) is 2.79. The van der Waals surface area contributed by atoms with Gasteiger partial charge >= 0.3 is 0 Å². The standard InChI is InChI=1S/C21H27NO2/c1-4-24-20-10-6-5-8-18(20)9-7-13-22-21(23)15-19-12-11-16(2)14-17(19)3/h5-6,8,10-12,14H,4,7,9,13,15H2,1-3H3,(H,22,23). The third-order valence-corrected chi connectivity index (χ3v) is 4.07. The van der Waals surface area contributed by atoms with E-state index < -0.39 is 0 Å². The van der Waals surface area contributed by atoms with Crippen molar-refractivity contribution in [2.75, 3.05) is 13.2 Å². The summed E-state index contributed by atoms with van der Waals surface area (Å²) in [6.45, 7) is 7.47. The van der Waals surface area contributed by atoms with Crippen molar-refractivity contribution in [3.8, 4) is 5.75 Å². The van der Waals surface area contributed by atoms with Gasteiger partial charge in [-0.1, -0.05) is 42.0 Å². The Hall–Kier alpha value is -2.29. The first-order chi connectivity index (χ1) is 11.6. The lowest BCUT2D eigenvalue weighted by Crippen LogP contribution is -2.26. The number of carbonyl (C=O) groups is 1. The molecule has 0 aliphatic carbocycles. The molecular weight excluding hydrogens is 298 g/mol. The topological polar surface area (TPSA) is 38.3 Å². The molecule has 3 heteroatoms. The van der Waals surface area contributed by atoms with E-state index in [2.05, 4.69) is 37.4 Å². The number of ether oxygens (including phenoxy) is 1. The van der Waals surface area contributed by atoms with Crippen molar-refractivity contribution in [1.82, 2.24) is 5.32 Å². The number of hydrogen-bond acceptors (Lipinski definition) is 2. The Morgan fingerprint density at radius 1 is 1.08 bits per heavy atom. The molecule has 0 fully saturated rings. The van der Waals surface area contributed by atoms with Crippen LogP contribution in [0.1, 0.15) is 35.6 Å². The minimum absolute atomic E-state index is 0.0834. The van der Waals surface area contributed by atoms with Crippen LogP contribution in [0.5, 0.6) is 5.75 Å². The molecule has 3 nitrogen and oxygen atoms in total. The van der Waals surface area contributed by atoms with E-state index >= 15 is 0 Å². The summed E-state index contributed by atoms with van der Waals surface area (Å²) in [6, 6.07) is 14.3. The Balaban J connectivity index is 1.77. The predicted molar refractivity (Wildman–Crippen MR) is 98.6 cm³/mol. The van der Waals surface area contributed by atoms with Crippen LogP contribution in [0.4, 0.5) is 0 Å². The average Bonchev–Trinajstić information content (AvgIpc) is 2.56. The third kappa shape index (κ3) is 5.41. The van der Waals surface area contributed by atoms with Crippen LogP contribution in [0.15, 0.2) is 42.5 Å². The van der Waals surface area contributed by atoms with Crippen molar-refractivity contribution in [3.63, 3.8) is 0 Å². The monoisotopic (exact) mass is 325 g/mol. The molecule has 0 aliphatic rings. The van der Waals surface area contributed by atoms with E-state index in [1.165, 1.54) is 16.7 Å². The molecule has 0 bridgehead atoms. The third-order valence-electron chi connectivity index (χ3n) is 4.07. The number of carbonyl (C=O) groups excluding carboxylic acids is 1. The first-order valence-electron chi connectivity index (χ1n) is 8.63. The van der Waals surface area contributed by atoms with Crippen LogP contribution in [0, 0.1) is 13.8 Å². The largest absolute Gasteiger partial charge is 0.494 e. The van der Waals surface area contributed by atoms with Crippen molar-refractivity contribution in [2.24, 2.45) is 0 Å². The molecule has 0 aromatic heterocycles. The number of hydrogen-bond donors (Lipinski definition) is 1. The van der Waals surface area contributed by atoms with Crippen LogP contribution < -0.4 is 10.1 Å². The summed E-state index contributed by atoms with van der Waals surface area (Å²) in [7, 11) is 0. The Morgan fingerprint density at radius 2 is 1.88 bits per heavy atom. The Bertz CT molecular complexity index is 679. The van der Waals surface area contributed by atoms with Gasteiger partial charge in [0.1, 0.15) is 5.75 Å². The lowest BCUT2D eigenvalue weighted by atomic mass is 10.0. The molecule has 0 unspecified atom stereocenters. The lowest BCUT2D eigenvalue weighted by molar-refractivity contribution is -0.120. The van der Waals surface area contributed by atoms with Gasteiger partial charge < -0.3 is 10.1 Å². The van der Waals surface area contributed by atoms with Gasteiger partial charge in [-0.15, -0.1) is 0 Å². The van der Waals surface area contributed by atoms with Crippen LogP contribution in [-0.4, -0.2) is 19.1 Å². The van der Waals surface area contributed by atoms with E-state index in [0.717, 1.165) is 24.2 Å². The highest BCUT2D eigenvalue weighted by atomic mass is 16.5. The Labute approximate surface area is 145 Å². The van der Waals surface area contributed by atoms with Crippen molar-refractivity contribution in [2.45, 2.75) is 40.0 Å². The van der Waals surface area contributed by atoms with Crippen molar-refractivity contribution in [3.05, 3.63) is 64.7 Å². The van der Waals surface area contributed by atoms with E-state index in [0.29, 0.717) is 19.6 Å². The number of para-hydroxylation sites is 1. The molecule has 0 spiro atoms. The van der Waals surface area contributed by atoms with Crippen LogP contribution in [-0.2, 0) is 17.6 Å². The number of aryl methyl sites for hydroxylation is 3. The Morgan fingerprint density at radius 3 is 2.62 bits per heavy atom. The molecule has 1 amide bonds. The second-order valence-electron chi connectivity index (χ2n) is 6.10. The molecule has 0 radical (unpaired) electrons. The zero-order valence-corrected chi connectivity index (χ0v) is 14.9. The predicted octanol–water partition coefficient (Wildman–Crippen LogP) is 3.99. The van der Waals surface area contributed by atoms with Gasteiger partial charge in [0.25, 0.3) is 0 Å². The highest BCUT2D eigenvalue weighted by molar-refractivity contribution is 5.78. The molecule has 1 N–H and O–H groups in total. The molecule has 0 saturated carbocycles. The zero-order chi connectivity index (χ0) is 17.4. The van der Waals surface area contributed by atoms with E-state index in [9.17, 15) is 4.79 Å². The van der Waals surface area contributed by atoms with Gasteiger partial charge in [0.15, 0.2) is 0 Å². The fraction of sp³-hybridized carbons (Fsp3) is 0.381. The van der Waals surface area contributed by atoms with Crippen LogP contribution in [0.3, 0.4) is 0 Å². The first-order valence-corrected chi connectivity index (χ1v) is 8.63. The van der Waals surface area contributed by atoms with E-state index in [-0.39, 0.29) is 5.91 Å². The van der Waals surface area contributed by atoms with Crippen molar-refractivity contribution >= 4 is 5.91 Å². The summed E-state index contributed by atoms with van der Waals surface area (Å²) in [5, 5.41) is 3.01. The normalized spacial score (nSPS) is 10.5. The smallest absolute Gasteiger partial charge is 0.224 e. The highest BCUT2D eigenvalue weighted by Gasteiger charge is 2.06. The molecule has 0 saturated heterocycles. The average molecular weight is 325 g/mol. The summed E-state index contributed by atoms with van der Waals surface area (Å²) in [5.74, 6) is 1.03. The maximum atomic E-state index is 12.1. The van der Waals surface area contributed by atoms with Crippen LogP contribution in [0.2, 0.25) is 0 Å². The van der Waals surface area contributed by atoms with Gasteiger partial charge in [-0.25, -0.2) is 0 Å². The number of amides is 1. The van der Waals surface area contributed by atoms with E-state index in [1.54, 1.807) is 0 Å². The second kappa shape index (κ2) is 9.11. The molecule has 2 aromatic rings. The van der Waals surface area contributed by atoms with Gasteiger partial charge in [-0.3, -0.25) is 4.79 Å². The molecule has 0 atom stereocenters. The van der Waals surface area contributed by atoms with Crippen LogP contribution >= 0.6 is 0 Å². The maximum Gasteiger partial charge on any atom is 0.224 e. The fourth-order valence-electron chi connectivity index (χ4n) is 2.79. The lowest BCUT2D eigenvalue weighted by Gasteiger charge is -2.11. The van der Waals surface area contributed by atoms with E-state index in [1.807, 2.05) is 31.2 Å². The van der Waals surface area contributed by atoms with Gasteiger partial charge in [-0.05, 0) is 56.4 Å². The van der Waals surface area contributed by atoms with Gasteiger partial charge in [-0.2, -0.15) is 0 Å². The second-order valence-corrected chi connectivity index (χ2v) is 6.10. The quantitative estimate of drug-likeness (QED) is 0.745. The number of nitrogens with one attached hydrogen (secondary N) is 1. The van der Waals surface area contributed by atoms with Gasteiger partial charge in [0, 0.05) is 6.54 Å². The first kappa shape index (κ1) is 18.1. The number of rotatable bonds is 8. The summed E-state index contributed by atoms with van der Waals surface area (Å²) >= 11 is 0. The summed E-state index contributed by atoms with van der Waals surface area (Å²) < 4.78 is 5.63. The molecular formula is C21H27NO2. The zero-order valence-electron chi connectivity index (χ0n) is 14.9. The summed E-state index contributed by atoms with van der Waals surface area (Å²) in [6.07, 6.45) is 2.25. The highest BCUT2D eigenvalue weighted by Crippen LogP contribution is 2.19. The summed E-state index contributed by atoms with van der Waals surface area (Å²) in [4.78, 5) is 12.1. The molecule has 2 rings (SSSR count). The summed E-state index contributed by atoms with van der Waals surface area (Å²) in [5.41, 5.74) is 4.70. The van der Waals surface area contributed by atoms with E-state index in [4.69, 9.17) is 4.74 Å². The van der Waals surface area contributed by atoms with Gasteiger partial charge in [0.05, 0.1) is 13.0 Å². The molecule has 0 heterocycles. The molecule has 24 heavy (non-hydrogen) atoms. The van der Waals surface area contributed by atoms with Crippen molar-refractivity contribution < 1.29 is 9.53 Å². The minimum atomic E-state index is 0.0834.